The van der Waals surface area contributed by atoms with E-state index in [0.29, 0.717) is 6.42 Å². The number of carboxylic acids is 1. The van der Waals surface area contributed by atoms with Gasteiger partial charge in [-0.05, 0) is 25.3 Å². The van der Waals surface area contributed by atoms with Gasteiger partial charge in [0.1, 0.15) is 22.5 Å². The number of aromatic nitrogens is 2. The molecule has 3 heterocycles. The molecule has 1 atom stereocenters. The van der Waals surface area contributed by atoms with E-state index in [4.69, 9.17) is 0 Å². The molecule has 1 aliphatic rings. The molecule has 1 saturated heterocycles. The zero-order chi connectivity index (χ0) is 15.0. The quantitative estimate of drug-likeness (QED) is 0.941. The van der Waals surface area contributed by atoms with E-state index in [1.54, 1.807) is 11.3 Å². The van der Waals surface area contributed by atoms with Crippen molar-refractivity contribution in [3.63, 3.8) is 0 Å². The molecular weight excluding hydrogens is 286 g/mol. The molecule has 112 valence electrons. The van der Waals surface area contributed by atoms with Gasteiger partial charge in [0, 0.05) is 17.8 Å². The third kappa shape index (κ3) is 2.48. The van der Waals surface area contributed by atoms with Crippen molar-refractivity contribution >= 4 is 33.3 Å². The van der Waals surface area contributed by atoms with E-state index in [0.717, 1.165) is 47.7 Å². The Morgan fingerprint density at radius 2 is 2.24 bits per heavy atom. The second kappa shape index (κ2) is 5.60. The molecule has 6 heteroatoms. The molecule has 0 spiro atoms. The lowest BCUT2D eigenvalue weighted by Crippen LogP contribution is -2.36. The Morgan fingerprint density at radius 3 is 2.90 bits per heavy atom. The van der Waals surface area contributed by atoms with Gasteiger partial charge in [0.2, 0.25) is 0 Å². The van der Waals surface area contributed by atoms with Crippen molar-refractivity contribution in [2.45, 2.75) is 45.6 Å². The number of carbonyl (C=O) groups is 1. The van der Waals surface area contributed by atoms with Gasteiger partial charge in [0.15, 0.2) is 0 Å². The lowest BCUT2D eigenvalue weighted by Gasteiger charge is -2.23. The lowest BCUT2D eigenvalue weighted by atomic mass is 10.2. The van der Waals surface area contributed by atoms with Crippen molar-refractivity contribution in [1.29, 1.82) is 0 Å². The minimum Gasteiger partial charge on any atom is -0.480 e. The van der Waals surface area contributed by atoms with Crippen molar-refractivity contribution in [3.8, 4) is 0 Å². The van der Waals surface area contributed by atoms with Crippen molar-refractivity contribution in [2.75, 3.05) is 11.4 Å². The molecule has 0 saturated carbocycles. The molecule has 0 amide bonds. The highest BCUT2D eigenvalue weighted by Crippen LogP contribution is 2.34. The van der Waals surface area contributed by atoms with Gasteiger partial charge >= 0.3 is 5.97 Å². The highest BCUT2D eigenvalue weighted by atomic mass is 32.1. The van der Waals surface area contributed by atoms with Gasteiger partial charge < -0.3 is 10.0 Å². The van der Waals surface area contributed by atoms with Crippen LogP contribution in [-0.2, 0) is 17.6 Å². The Labute approximate surface area is 127 Å². The van der Waals surface area contributed by atoms with Crippen molar-refractivity contribution in [3.05, 3.63) is 16.8 Å². The molecule has 0 bridgehead atoms. The van der Waals surface area contributed by atoms with E-state index in [1.165, 1.54) is 4.88 Å². The number of fused-ring (bicyclic) bond motifs is 1. The highest BCUT2D eigenvalue weighted by Gasteiger charge is 2.33. The van der Waals surface area contributed by atoms with Crippen LogP contribution >= 0.6 is 11.3 Å². The minimum absolute atomic E-state index is 0.460. The molecule has 2 aromatic heterocycles. The smallest absolute Gasteiger partial charge is 0.326 e. The molecule has 21 heavy (non-hydrogen) atoms. The number of rotatable bonds is 4. The van der Waals surface area contributed by atoms with Crippen LogP contribution in [0, 0.1) is 0 Å². The van der Waals surface area contributed by atoms with E-state index < -0.39 is 12.0 Å². The first-order valence-corrected chi connectivity index (χ1v) is 8.24. The minimum atomic E-state index is -0.761. The van der Waals surface area contributed by atoms with E-state index in [2.05, 4.69) is 23.0 Å². The average Bonchev–Trinajstić information content (AvgIpc) is 3.11. The van der Waals surface area contributed by atoms with Crippen LogP contribution in [0.2, 0.25) is 0 Å². The predicted molar refractivity (Wildman–Crippen MR) is 84.2 cm³/mol. The first-order chi connectivity index (χ1) is 10.1. The fraction of sp³-hybridized carbons (Fsp3) is 0.533. The van der Waals surface area contributed by atoms with Crippen LogP contribution in [0.5, 0.6) is 0 Å². The number of hydrogen-bond donors (Lipinski definition) is 1. The standard InChI is InChI=1S/C15H19N3O2S/c1-3-9-8-10-13(16-12(4-2)17-14(10)21-9)18-7-5-6-11(18)15(19)20/h8,11H,3-7H2,1-2H3,(H,19,20)/t11-/m0/s1. The molecule has 0 unspecified atom stereocenters. The predicted octanol–water partition coefficient (Wildman–Crippen LogP) is 2.87. The van der Waals surface area contributed by atoms with Crippen LogP contribution in [0.3, 0.4) is 0 Å². The molecule has 3 rings (SSSR count). The number of aryl methyl sites for hydroxylation is 2. The number of anilines is 1. The van der Waals surface area contributed by atoms with Gasteiger partial charge in [-0.2, -0.15) is 0 Å². The van der Waals surface area contributed by atoms with Crippen LogP contribution in [0.1, 0.15) is 37.4 Å². The molecule has 1 N–H and O–H groups in total. The number of nitrogens with zero attached hydrogens (tertiary/aromatic N) is 3. The fourth-order valence-corrected chi connectivity index (χ4v) is 3.81. The maximum Gasteiger partial charge on any atom is 0.326 e. The first kappa shape index (κ1) is 14.3. The first-order valence-electron chi connectivity index (χ1n) is 7.42. The SMILES string of the molecule is CCc1nc(N2CCC[C@H]2C(=O)O)c2cc(CC)sc2n1. The van der Waals surface area contributed by atoms with Gasteiger partial charge in [-0.1, -0.05) is 13.8 Å². The maximum absolute atomic E-state index is 11.5. The molecule has 0 aliphatic carbocycles. The number of carboxylic acid groups (broad SMARTS) is 1. The second-order valence-corrected chi connectivity index (χ2v) is 6.41. The molecule has 1 aliphatic heterocycles. The summed E-state index contributed by atoms with van der Waals surface area (Å²) < 4.78 is 0. The van der Waals surface area contributed by atoms with E-state index in [1.807, 2.05) is 11.8 Å². The summed E-state index contributed by atoms with van der Waals surface area (Å²) in [5.74, 6) is 0.832. The third-order valence-corrected chi connectivity index (χ3v) is 5.12. The van der Waals surface area contributed by atoms with Gasteiger partial charge in [-0.25, -0.2) is 14.8 Å². The normalized spacial score (nSPS) is 18.6. The van der Waals surface area contributed by atoms with Crippen LogP contribution in [0.25, 0.3) is 10.2 Å². The van der Waals surface area contributed by atoms with Gasteiger partial charge in [-0.3, -0.25) is 0 Å². The summed E-state index contributed by atoms with van der Waals surface area (Å²) in [7, 11) is 0. The Kier molecular flexibility index (Phi) is 3.80. The summed E-state index contributed by atoms with van der Waals surface area (Å²) in [6.07, 6.45) is 3.31. The number of hydrogen-bond acceptors (Lipinski definition) is 5. The van der Waals surface area contributed by atoms with Gasteiger partial charge in [0.05, 0.1) is 5.39 Å². The molecule has 0 aromatic carbocycles. The monoisotopic (exact) mass is 305 g/mol. The molecular formula is C15H19N3O2S. The van der Waals surface area contributed by atoms with E-state index in [9.17, 15) is 9.90 Å². The Morgan fingerprint density at radius 1 is 1.43 bits per heavy atom. The maximum atomic E-state index is 11.5. The zero-order valence-corrected chi connectivity index (χ0v) is 13.1. The molecule has 5 nitrogen and oxygen atoms in total. The summed E-state index contributed by atoms with van der Waals surface area (Å²) in [6, 6.07) is 1.66. The van der Waals surface area contributed by atoms with Crippen LogP contribution in [-0.4, -0.2) is 33.6 Å². The zero-order valence-electron chi connectivity index (χ0n) is 12.3. The van der Waals surface area contributed by atoms with Crippen molar-refractivity contribution in [1.82, 2.24) is 9.97 Å². The fourth-order valence-electron chi connectivity index (χ4n) is 2.83. The number of aliphatic carboxylic acids is 1. The summed E-state index contributed by atoms with van der Waals surface area (Å²) in [6.45, 7) is 4.90. The summed E-state index contributed by atoms with van der Waals surface area (Å²) in [4.78, 5) is 24.9. The third-order valence-electron chi connectivity index (χ3n) is 3.94. The molecule has 0 radical (unpaired) electrons. The second-order valence-electron chi connectivity index (χ2n) is 5.29. The highest BCUT2D eigenvalue weighted by molar-refractivity contribution is 7.18. The Balaban J connectivity index is 2.15. The summed E-state index contributed by atoms with van der Waals surface area (Å²) in [5.41, 5.74) is 0. The van der Waals surface area contributed by atoms with Crippen LogP contribution in [0.4, 0.5) is 5.82 Å². The van der Waals surface area contributed by atoms with Crippen LogP contribution in [0.15, 0.2) is 6.07 Å². The molecule has 1 fully saturated rings. The van der Waals surface area contributed by atoms with E-state index in [-0.39, 0.29) is 0 Å². The Hall–Kier alpha value is -1.69. The largest absolute Gasteiger partial charge is 0.480 e. The summed E-state index contributed by atoms with van der Waals surface area (Å²) >= 11 is 1.68. The topological polar surface area (TPSA) is 66.3 Å². The van der Waals surface area contributed by atoms with Gasteiger partial charge in [0.25, 0.3) is 0 Å². The van der Waals surface area contributed by atoms with Gasteiger partial charge in [-0.15, -0.1) is 11.3 Å². The Bertz CT molecular complexity index is 683. The summed E-state index contributed by atoms with van der Waals surface area (Å²) in [5, 5.41) is 10.4. The average molecular weight is 305 g/mol. The van der Waals surface area contributed by atoms with Crippen molar-refractivity contribution in [2.24, 2.45) is 0 Å². The van der Waals surface area contributed by atoms with Crippen molar-refractivity contribution < 1.29 is 9.90 Å². The van der Waals surface area contributed by atoms with Crippen LogP contribution < -0.4 is 4.90 Å². The van der Waals surface area contributed by atoms with E-state index >= 15 is 0 Å². The molecule has 2 aromatic rings. The number of thiophene rings is 1. The lowest BCUT2D eigenvalue weighted by molar-refractivity contribution is -0.138.